The molecule has 1 aliphatic rings. The van der Waals surface area contributed by atoms with E-state index in [0.717, 1.165) is 35.2 Å². The molecule has 0 bridgehead atoms. The standard InChI is InChI=1S/C14H19BrN2O2/c1-3-10-6-11(15)4-5-12(10)17-13(18)7-19-14(2)8-16-9-14/h4-6,16H,3,7-9H2,1-2H3,(H,17,18). The highest BCUT2D eigenvalue weighted by Gasteiger charge is 2.33. The van der Waals surface area contributed by atoms with Crippen LogP contribution in [0.4, 0.5) is 5.69 Å². The summed E-state index contributed by atoms with van der Waals surface area (Å²) in [6, 6.07) is 5.86. The molecule has 0 unspecified atom stereocenters. The summed E-state index contributed by atoms with van der Waals surface area (Å²) in [5, 5.41) is 6.04. The Morgan fingerprint density at radius 3 is 2.84 bits per heavy atom. The molecule has 0 aliphatic carbocycles. The zero-order chi connectivity index (χ0) is 13.9. The highest BCUT2D eigenvalue weighted by Crippen LogP contribution is 2.22. The molecule has 1 aromatic rings. The number of amides is 1. The van der Waals surface area contributed by atoms with Gasteiger partial charge < -0.3 is 15.4 Å². The Hall–Kier alpha value is -0.910. The monoisotopic (exact) mass is 326 g/mol. The van der Waals surface area contributed by atoms with Crippen LogP contribution in [-0.4, -0.2) is 31.2 Å². The number of hydrogen-bond donors (Lipinski definition) is 2. The molecule has 0 aromatic heterocycles. The quantitative estimate of drug-likeness (QED) is 0.873. The maximum Gasteiger partial charge on any atom is 0.250 e. The van der Waals surface area contributed by atoms with Gasteiger partial charge in [0.05, 0.1) is 5.60 Å². The van der Waals surface area contributed by atoms with E-state index in [2.05, 4.69) is 33.5 Å². The predicted octanol–water partition coefficient (Wildman–Crippen LogP) is 2.33. The lowest BCUT2D eigenvalue weighted by Gasteiger charge is -2.38. The highest BCUT2D eigenvalue weighted by molar-refractivity contribution is 9.10. The van der Waals surface area contributed by atoms with E-state index in [1.165, 1.54) is 0 Å². The molecule has 1 fully saturated rings. The van der Waals surface area contributed by atoms with Gasteiger partial charge in [0.2, 0.25) is 5.91 Å². The van der Waals surface area contributed by atoms with Crippen molar-refractivity contribution < 1.29 is 9.53 Å². The summed E-state index contributed by atoms with van der Waals surface area (Å²) in [5.74, 6) is -0.106. The van der Waals surface area contributed by atoms with E-state index in [1.54, 1.807) is 0 Å². The van der Waals surface area contributed by atoms with Gasteiger partial charge in [-0.05, 0) is 37.1 Å². The minimum Gasteiger partial charge on any atom is -0.363 e. The summed E-state index contributed by atoms with van der Waals surface area (Å²) in [7, 11) is 0. The largest absolute Gasteiger partial charge is 0.363 e. The number of carbonyl (C=O) groups excluding carboxylic acids is 1. The molecule has 1 heterocycles. The molecule has 2 N–H and O–H groups in total. The second kappa shape index (κ2) is 6.03. The second-order valence-corrected chi connectivity index (χ2v) is 5.96. The molecule has 1 aromatic carbocycles. The second-order valence-electron chi connectivity index (χ2n) is 5.05. The maximum absolute atomic E-state index is 11.9. The first-order valence-electron chi connectivity index (χ1n) is 6.45. The summed E-state index contributed by atoms with van der Waals surface area (Å²) in [6.07, 6.45) is 0.873. The van der Waals surface area contributed by atoms with Crippen molar-refractivity contribution in [2.75, 3.05) is 25.0 Å². The molecule has 0 spiro atoms. The average Bonchev–Trinajstić information content (AvgIpc) is 2.36. The third kappa shape index (κ3) is 3.78. The van der Waals surface area contributed by atoms with Gasteiger partial charge in [0.15, 0.2) is 0 Å². The van der Waals surface area contributed by atoms with Crippen molar-refractivity contribution in [3.8, 4) is 0 Å². The Balaban J connectivity index is 1.91. The smallest absolute Gasteiger partial charge is 0.250 e. The van der Waals surface area contributed by atoms with Gasteiger partial charge in [-0.25, -0.2) is 0 Å². The molecule has 5 heteroatoms. The minimum absolute atomic E-state index is 0.0946. The SMILES string of the molecule is CCc1cc(Br)ccc1NC(=O)COC1(C)CNC1. The first-order chi connectivity index (χ1) is 9.02. The van der Waals surface area contributed by atoms with Crippen LogP contribution in [0.3, 0.4) is 0 Å². The van der Waals surface area contributed by atoms with Crippen LogP contribution in [0.5, 0.6) is 0 Å². The van der Waals surface area contributed by atoms with Crippen LogP contribution in [0.1, 0.15) is 19.4 Å². The normalized spacial score (nSPS) is 16.8. The van der Waals surface area contributed by atoms with Crippen LogP contribution >= 0.6 is 15.9 Å². The summed E-state index contributed by atoms with van der Waals surface area (Å²) < 4.78 is 6.63. The molecule has 4 nitrogen and oxygen atoms in total. The van der Waals surface area contributed by atoms with E-state index in [-0.39, 0.29) is 18.1 Å². The molecule has 0 saturated carbocycles. The van der Waals surface area contributed by atoms with E-state index in [4.69, 9.17) is 4.74 Å². The molecular weight excluding hydrogens is 308 g/mol. The predicted molar refractivity (Wildman–Crippen MR) is 79.4 cm³/mol. The van der Waals surface area contributed by atoms with Crippen molar-refractivity contribution in [2.45, 2.75) is 25.9 Å². The Morgan fingerprint density at radius 1 is 1.53 bits per heavy atom. The lowest BCUT2D eigenvalue weighted by atomic mass is 10.0. The Labute approximate surface area is 122 Å². The van der Waals surface area contributed by atoms with Crippen LogP contribution < -0.4 is 10.6 Å². The number of nitrogens with one attached hydrogen (secondary N) is 2. The van der Waals surface area contributed by atoms with Gasteiger partial charge in [0.25, 0.3) is 0 Å². The van der Waals surface area contributed by atoms with E-state index in [1.807, 2.05) is 25.1 Å². The lowest BCUT2D eigenvalue weighted by Crippen LogP contribution is -2.59. The van der Waals surface area contributed by atoms with Gasteiger partial charge in [0, 0.05) is 23.2 Å². The maximum atomic E-state index is 11.9. The minimum atomic E-state index is -0.190. The number of carbonyl (C=O) groups is 1. The highest BCUT2D eigenvalue weighted by atomic mass is 79.9. The van der Waals surface area contributed by atoms with Crippen LogP contribution in [0.15, 0.2) is 22.7 Å². The van der Waals surface area contributed by atoms with Crippen molar-refractivity contribution in [3.63, 3.8) is 0 Å². The third-order valence-electron chi connectivity index (χ3n) is 3.27. The molecule has 104 valence electrons. The summed E-state index contributed by atoms with van der Waals surface area (Å²) in [4.78, 5) is 11.9. The number of benzene rings is 1. The third-order valence-corrected chi connectivity index (χ3v) is 3.77. The van der Waals surface area contributed by atoms with Crippen LogP contribution in [0.2, 0.25) is 0 Å². The first kappa shape index (κ1) is 14.5. The summed E-state index contributed by atoms with van der Waals surface area (Å²) in [6.45, 7) is 5.78. The van der Waals surface area contributed by atoms with Gasteiger partial charge in [-0.3, -0.25) is 4.79 Å². The van der Waals surface area contributed by atoms with Crippen LogP contribution in [0, 0.1) is 0 Å². The van der Waals surface area contributed by atoms with Crippen molar-refractivity contribution in [2.24, 2.45) is 0 Å². The molecule has 1 saturated heterocycles. The Kier molecular flexibility index (Phi) is 4.60. The number of anilines is 1. The van der Waals surface area contributed by atoms with Crippen molar-refractivity contribution in [1.82, 2.24) is 5.32 Å². The molecule has 1 amide bonds. The fraction of sp³-hybridized carbons (Fsp3) is 0.500. The van der Waals surface area contributed by atoms with Gasteiger partial charge in [0.1, 0.15) is 6.61 Å². The fourth-order valence-corrected chi connectivity index (χ4v) is 2.39. The fourth-order valence-electron chi connectivity index (χ4n) is 1.98. The zero-order valence-electron chi connectivity index (χ0n) is 11.3. The number of halogens is 1. The molecule has 0 atom stereocenters. The van der Waals surface area contributed by atoms with Gasteiger partial charge in [-0.1, -0.05) is 22.9 Å². The average molecular weight is 327 g/mol. The van der Waals surface area contributed by atoms with Crippen LogP contribution in [0.25, 0.3) is 0 Å². The molecule has 1 aliphatic heterocycles. The topological polar surface area (TPSA) is 50.4 Å². The number of rotatable bonds is 5. The first-order valence-corrected chi connectivity index (χ1v) is 7.25. The van der Waals surface area contributed by atoms with E-state index in [0.29, 0.717) is 0 Å². The van der Waals surface area contributed by atoms with Crippen molar-refractivity contribution >= 4 is 27.5 Å². The number of aryl methyl sites for hydroxylation is 1. The molecule has 2 rings (SSSR count). The Bertz CT molecular complexity index is 473. The Morgan fingerprint density at radius 2 is 2.26 bits per heavy atom. The molecular formula is C14H19BrN2O2. The number of ether oxygens (including phenoxy) is 1. The lowest BCUT2D eigenvalue weighted by molar-refractivity contribution is -0.130. The van der Waals surface area contributed by atoms with E-state index >= 15 is 0 Å². The van der Waals surface area contributed by atoms with Crippen molar-refractivity contribution in [3.05, 3.63) is 28.2 Å². The molecule has 19 heavy (non-hydrogen) atoms. The van der Waals surface area contributed by atoms with Gasteiger partial charge in [-0.2, -0.15) is 0 Å². The number of hydrogen-bond acceptors (Lipinski definition) is 3. The van der Waals surface area contributed by atoms with Gasteiger partial charge in [-0.15, -0.1) is 0 Å². The zero-order valence-corrected chi connectivity index (χ0v) is 12.8. The van der Waals surface area contributed by atoms with Gasteiger partial charge >= 0.3 is 0 Å². The summed E-state index contributed by atoms with van der Waals surface area (Å²) >= 11 is 3.43. The van der Waals surface area contributed by atoms with Crippen molar-refractivity contribution in [1.29, 1.82) is 0 Å². The van der Waals surface area contributed by atoms with E-state index < -0.39 is 0 Å². The molecule has 0 radical (unpaired) electrons. The summed E-state index contributed by atoms with van der Waals surface area (Å²) in [5.41, 5.74) is 1.78. The van der Waals surface area contributed by atoms with Crippen LogP contribution in [-0.2, 0) is 16.0 Å². The van der Waals surface area contributed by atoms with E-state index in [9.17, 15) is 4.79 Å².